The SMILES string of the molecule is CC(C)CCC(C)NC(CN(C)C)C(C)C. The topological polar surface area (TPSA) is 15.3 Å². The molecule has 2 atom stereocenters. The van der Waals surface area contributed by atoms with Crippen molar-refractivity contribution in [2.75, 3.05) is 20.6 Å². The van der Waals surface area contributed by atoms with Crippen molar-refractivity contribution >= 4 is 0 Å². The summed E-state index contributed by atoms with van der Waals surface area (Å²) in [7, 11) is 4.30. The molecule has 0 fully saturated rings. The first-order valence-corrected chi connectivity index (χ1v) is 6.73. The van der Waals surface area contributed by atoms with Gasteiger partial charge >= 0.3 is 0 Å². The van der Waals surface area contributed by atoms with Crippen LogP contribution in [0.4, 0.5) is 0 Å². The minimum atomic E-state index is 0.608. The largest absolute Gasteiger partial charge is 0.310 e. The molecule has 0 aromatic heterocycles. The fourth-order valence-corrected chi connectivity index (χ4v) is 1.88. The minimum absolute atomic E-state index is 0.608. The van der Waals surface area contributed by atoms with E-state index in [-0.39, 0.29) is 0 Å². The van der Waals surface area contributed by atoms with Crippen molar-refractivity contribution in [1.82, 2.24) is 10.2 Å². The number of nitrogens with zero attached hydrogens (tertiary/aromatic N) is 1. The lowest BCUT2D eigenvalue weighted by atomic mass is 10.00. The van der Waals surface area contributed by atoms with E-state index in [2.05, 4.69) is 58.9 Å². The van der Waals surface area contributed by atoms with Crippen molar-refractivity contribution in [3.8, 4) is 0 Å². The molecule has 2 unspecified atom stereocenters. The highest BCUT2D eigenvalue weighted by Crippen LogP contribution is 2.09. The molecule has 0 aliphatic rings. The summed E-state index contributed by atoms with van der Waals surface area (Å²) in [6.45, 7) is 12.6. The summed E-state index contributed by atoms with van der Waals surface area (Å²) in [5.74, 6) is 1.51. The lowest BCUT2D eigenvalue weighted by molar-refractivity contribution is 0.265. The van der Waals surface area contributed by atoms with Gasteiger partial charge in [-0.05, 0) is 45.7 Å². The molecule has 0 aromatic carbocycles. The third-order valence-electron chi connectivity index (χ3n) is 3.04. The monoisotopic (exact) mass is 228 g/mol. The van der Waals surface area contributed by atoms with Crippen LogP contribution in [0.15, 0.2) is 0 Å². The van der Waals surface area contributed by atoms with Crippen LogP contribution in [0, 0.1) is 11.8 Å². The number of rotatable bonds is 8. The highest BCUT2D eigenvalue weighted by molar-refractivity contribution is 4.76. The van der Waals surface area contributed by atoms with Crippen molar-refractivity contribution in [3.63, 3.8) is 0 Å². The van der Waals surface area contributed by atoms with Gasteiger partial charge in [0.15, 0.2) is 0 Å². The van der Waals surface area contributed by atoms with E-state index in [1.54, 1.807) is 0 Å². The Hall–Kier alpha value is -0.0800. The zero-order valence-electron chi connectivity index (χ0n) is 12.4. The van der Waals surface area contributed by atoms with Crippen LogP contribution in [0.2, 0.25) is 0 Å². The molecule has 1 N–H and O–H groups in total. The molecule has 0 spiro atoms. The summed E-state index contributed by atoms with van der Waals surface area (Å²) < 4.78 is 0. The zero-order valence-corrected chi connectivity index (χ0v) is 12.4. The van der Waals surface area contributed by atoms with Crippen LogP contribution >= 0.6 is 0 Å². The lowest BCUT2D eigenvalue weighted by Gasteiger charge is -2.29. The molecule has 2 heteroatoms. The van der Waals surface area contributed by atoms with Crippen molar-refractivity contribution in [1.29, 1.82) is 0 Å². The van der Waals surface area contributed by atoms with Crippen molar-refractivity contribution in [2.24, 2.45) is 11.8 Å². The van der Waals surface area contributed by atoms with Gasteiger partial charge in [-0.2, -0.15) is 0 Å². The molecule has 0 rings (SSSR count). The molecule has 0 bridgehead atoms. The summed E-state index contributed by atoms with van der Waals surface area (Å²) in [6.07, 6.45) is 2.61. The highest BCUT2D eigenvalue weighted by atomic mass is 15.1. The summed E-state index contributed by atoms with van der Waals surface area (Å²) in [5, 5.41) is 3.76. The van der Waals surface area contributed by atoms with Gasteiger partial charge in [0.2, 0.25) is 0 Å². The average Bonchev–Trinajstić information content (AvgIpc) is 2.12. The first kappa shape index (κ1) is 15.9. The van der Waals surface area contributed by atoms with Gasteiger partial charge in [0.25, 0.3) is 0 Å². The van der Waals surface area contributed by atoms with Gasteiger partial charge in [-0.3, -0.25) is 0 Å². The summed E-state index contributed by atoms with van der Waals surface area (Å²) in [5.41, 5.74) is 0. The molecule has 0 aliphatic heterocycles. The molecular weight excluding hydrogens is 196 g/mol. The van der Waals surface area contributed by atoms with Crippen LogP contribution in [0.1, 0.15) is 47.5 Å². The third kappa shape index (κ3) is 8.12. The zero-order chi connectivity index (χ0) is 12.7. The molecule has 16 heavy (non-hydrogen) atoms. The fourth-order valence-electron chi connectivity index (χ4n) is 1.88. The van der Waals surface area contributed by atoms with Crippen LogP contribution in [0.3, 0.4) is 0 Å². The standard InChI is InChI=1S/C14H32N2/c1-11(2)8-9-13(5)15-14(12(3)4)10-16(6)7/h11-15H,8-10H2,1-7H3. The molecule has 0 amide bonds. The predicted octanol–water partition coefficient (Wildman–Crippen LogP) is 2.99. The first-order chi connectivity index (χ1) is 7.32. The van der Waals surface area contributed by atoms with E-state index in [9.17, 15) is 0 Å². The Bertz CT molecular complexity index is 164. The second kappa shape index (κ2) is 8.08. The van der Waals surface area contributed by atoms with E-state index in [0.717, 1.165) is 12.5 Å². The molecule has 0 saturated carbocycles. The number of likely N-dealkylation sites (N-methyl/N-ethyl adjacent to an activating group) is 1. The fraction of sp³-hybridized carbons (Fsp3) is 1.00. The van der Waals surface area contributed by atoms with Gasteiger partial charge in [-0.25, -0.2) is 0 Å². The Morgan fingerprint density at radius 2 is 1.50 bits per heavy atom. The molecule has 98 valence electrons. The Kier molecular flexibility index (Phi) is 8.04. The maximum Gasteiger partial charge on any atom is 0.0220 e. The average molecular weight is 228 g/mol. The second-order valence-electron chi connectivity index (χ2n) is 6.15. The predicted molar refractivity (Wildman–Crippen MR) is 73.8 cm³/mol. The Morgan fingerprint density at radius 1 is 0.938 bits per heavy atom. The molecule has 0 saturated heterocycles. The van der Waals surface area contributed by atoms with E-state index in [4.69, 9.17) is 0 Å². The van der Waals surface area contributed by atoms with E-state index in [1.165, 1.54) is 12.8 Å². The van der Waals surface area contributed by atoms with Crippen molar-refractivity contribution in [3.05, 3.63) is 0 Å². The molecule has 0 radical (unpaired) electrons. The van der Waals surface area contributed by atoms with Crippen LogP contribution in [0.5, 0.6) is 0 Å². The van der Waals surface area contributed by atoms with Gasteiger partial charge in [-0.1, -0.05) is 27.7 Å². The van der Waals surface area contributed by atoms with E-state index >= 15 is 0 Å². The summed E-state index contributed by atoms with van der Waals surface area (Å²) in [6, 6.07) is 1.24. The summed E-state index contributed by atoms with van der Waals surface area (Å²) in [4.78, 5) is 2.27. The Morgan fingerprint density at radius 3 is 1.88 bits per heavy atom. The van der Waals surface area contributed by atoms with E-state index in [1.807, 2.05) is 0 Å². The maximum atomic E-state index is 3.76. The number of hydrogen-bond acceptors (Lipinski definition) is 2. The van der Waals surface area contributed by atoms with Crippen molar-refractivity contribution in [2.45, 2.75) is 59.5 Å². The van der Waals surface area contributed by atoms with Gasteiger partial charge in [0, 0.05) is 18.6 Å². The molecule has 0 heterocycles. The highest BCUT2D eigenvalue weighted by Gasteiger charge is 2.16. The van der Waals surface area contributed by atoms with E-state index in [0.29, 0.717) is 18.0 Å². The van der Waals surface area contributed by atoms with Gasteiger partial charge in [0.1, 0.15) is 0 Å². The van der Waals surface area contributed by atoms with Crippen LogP contribution < -0.4 is 5.32 Å². The quantitative estimate of drug-likeness (QED) is 0.687. The molecular formula is C14H32N2. The molecule has 2 nitrogen and oxygen atoms in total. The third-order valence-corrected chi connectivity index (χ3v) is 3.04. The van der Waals surface area contributed by atoms with Gasteiger partial charge < -0.3 is 10.2 Å². The van der Waals surface area contributed by atoms with Crippen LogP contribution in [-0.2, 0) is 0 Å². The number of nitrogens with one attached hydrogen (secondary N) is 1. The second-order valence-corrected chi connectivity index (χ2v) is 6.15. The van der Waals surface area contributed by atoms with Crippen LogP contribution in [-0.4, -0.2) is 37.6 Å². The maximum absolute atomic E-state index is 3.76. The molecule has 0 aromatic rings. The minimum Gasteiger partial charge on any atom is -0.310 e. The Labute approximate surface area is 103 Å². The molecule has 0 aliphatic carbocycles. The first-order valence-electron chi connectivity index (χ1n) is 6.73. The smallest absolute Gasteiger partial charge is 0.0220 e. The van der Waals surface area contributed by atoms with Gasteiger partial charge in [-0.15, -0.1) is 0 Å². The Balaban J connectivity index is 3.98. The van der Waals surface area contributed by atoms with E-state index < -0.39 is 0 Å². The number of hydrogen-bond donors (Lipinski definition) is 1. The van der Waals surface area contributed by atoms with Crippen LogP contribution in [0.25, 0.3) is 0 Å². The lowest BCUT2D eigenvalue weighted by Crippen LogP contribution is -2.46. The summed E-state index contributed by atoms with van der Waals surface area (Å²) >= 11 is 0. The van der Waals surface area contributed by atoms with Crippen molar-refractivity contribution < 1.29 is 0 Å². The normalized spacial score (nSPS) is 16.1. The van der Waals surface area contributed by atoms with Gasteiger partial charge in [0.05, 0.1) is 0 Å².